The molecule has 0 fully saturated rings. The molecule has 0 unspecified atom stereocenters. The average molecular weight is 461 g/mol. The van der Waals surface area contributed by atoms with Crippen molar-refractivity contribution in [2.45, 2.75) is 13.0 Å². The molecule has 33 heavy (non-hydrogen) atoms. The summed E-state index contributed by atoms with van der Waals surface area (Å²) < 4.78 is 16.4. The van der Waals surface area contributed by atoms with Crippen LogP contribution in [-0.2, 0) is 17.8 Å². The maximum absolute atomic E-state index is 12.5. The lowest BCUT2D eigenvalue weighted by Gasteiger charge is -2.08. The van der Waals surface area contributed by atoms with Crippen molar-refractivity contribution in [3.8, 4) is 27.8 Å². The number of hydrogen-bond donors (Lipinski definition) is 1. The van der Waals surface area contributed by atoms with Crippen LogP contribution in [0.1, 0.15) is 11.3 Å². The highest BCUT2D eigenvalue weighted by molar-refractivity contribution is 7.13. The van der Waals surface area contributed by atoms with Crippen LogP contribution in [0.4, 0.5) is 5.69 Å². The van der Waals surface area contributed by atoms with Gasteiger partial charge in [-0.15, -0.1) is 11.3 Å². The highest BCUT2D eigenvalue weighted by atomic mass is 32.1. The minimum absolute atomic E-state index is 0.128. The molecule has 4 aromatic rings. The molecule has 1 N–H and O–H groups in total. The first-order chi connectivity index (χ1) is 16.1. The topological polar surface area (TPSA) is 69.7 Å². The summed E-state index contributed by atoms with van der Waals surface area (Å²) in [5, 5.41) is 5.62. The number of rotatable bonds is 9. The van der Waals surface area contributed by atoms with Gasteiger partial charge in [-0.3, -0.25) is 4.79 Å². The Hall–Kier alpha value is -3.84. The van der Waals surface area contributed by atoms with Gasteiger partial charge in [0.25, 0.3) is 0 Å². The fourth-order valence-corrected chi connectivity index (χ4v) is 4.05. The van der Waals surface area contributed by atoms with Gasteiger partial charge in [-0.2, -0.15) is 0 Å². The van der Waals surface area contributed by atoms with E-state index in [-0.39, 0.29) is 12.3 Å². The predicted octanol–water partition coefficient (Wildman–Crippen LogP) is 5.59. The molecule has 0 atom stereocenters. The van der Waals surface area contributed by atoms with E-state index in [2.05, 4.69) is 10.3 Å². The lowest BCUT2D eigenvalue weighted by Crippen LogP contribution is -2.14. The number of carbonyl (C=O) groups is 1. The second kappa shape index (κ2) is 10.7. The monoisotopic (exact) mass is 460 g/mol. The maximum atomic E-state index is 12.5. The lowest BCUT2D eigenvalue weighted by atomic mass is 10.2. The summed E-state index contributed by atoms with van der Waals surface area (Å²) in [5.41, 5.74) is 3.44. The molecule has 3 aromatic carbocycles. The fraction of sp³-hybridized carbons (Fsp3) is 0.154. The molecular weight excluding hydrogens is 436 g/mol. The highest BCUT2D eigenvalue weighted by Crippen LogP contribution is 2.33. The van der Waals surface area contributed by atoms with Crippen LogP contribution in [0.5, 0.6) is 17.2 Å². The number of methoxy groups -OCH3 is 2. The number of amides is 1. The van der Waals surface area contributed by atoms with Crippen molar-refractivity contribution in [1.82, 2.24) is 4.98 Å². The Bertz CT molecular complexity index is 1210. The number of carbonyl (C=O) groups excluding carboxylic acids is 1. The smallest absolute Gasteiger partial charge is 0.230 e. The molecule has 168 valence electrons. The molecule has 6 nitrogen and oxygen atoms in total. The molecule has 0 aliphatic rings. The molecule has 1 aromatic heterocycles. The van der Waals surface area contributed by atoms with Crippen molar-refractivity contribution in [2.75, 3.05) is 19.5 Å². The van der Waals surface area contributed by atoms with Gasteiger partial charge in [0.15, 0.2) is 11.5 Å². The molecule has 0 radical (unpaired) electrons. The van der Waals surface area contributed by atoms with E-state index in [0.29, 0.717) is 29.5 Å². The first-order valence-electron chi connectivity index (χ1n) is 10.4. The Labute approximate surface area is 196 Å². The van der Waals surface area contributed by atoms with Crippen LogP contribution in [0.3, 0.4) is 0 Å². The van der Waals surface area contributed by atoms with Crippen LogP contribution < -0.4 is 19.5 Å². The number of hydrogen-bond acceptors (Lipinski definition) is 6. The maximum Gasteiger partial charge on any atom is 0.230 e. The van der Waals surface area contributed by atoms with Gasteiger partial charge < -0.3 is 19.5 Å². The number of anilines is 1. The van der Waals surface area contributed by atoms with Crippen molar-refractivity contribution in [3.63, 3.8) is 0 Å². The van der Waals surface area contributed by atoms with Crippen LogP contribution in [0.25, 0.3) is 10.6 Å². The van der Waals surface area contributed by atoms with E-state index in [1.54, 1.807) is 14.2 Å². The zero-order valence-electron chi connectivity index (χ0n) is 18.4. The first kappa shape index (κ1) is 22.4. The van der Waals surface area contributed by atoms with Crippen molar-refractivity contribution in [1.29, 1.82) is 0 Å². The number of thiazole rings is 1. The molecule has 0 spiro atoms. The average Bonchev–Trinajstić information content (AvgIpc) is 3.32. The quantitative estimate of drug-likeness (QED) is 0.353. The normalized spacial score (nSPS) is 10.5. The van der Waals surface area contributed by atoms with Gasteiger partial charge in [0.05, 0.1) is 26.3 Å². The molecule has 0 aliphatic heterocycles. The van der Waals surface area contributed by atoms with E-state index in [4.69, 9.17) is 14.2 Å². The number of ether oxygens (including phenoxy) is 3. The Balaban J connectivity index is 1.32. The molecule has 0 saturated carbocycles. The summed E-state index contributed by atoms with van der Waals surface area (Å²) in [6.45, 7) is 0.499. The largest absolute Gasteiger partial charge is 0.493 e. The van der Waals surface area contributed by atoms with Crippen LogP contribution in [0.15, 0.2) is 78.2 Å². The van der Waals surface area contributed by atoms with Gasteiger partial charge in [-0.25, -0.2) is 4.98 Å². The van der Waals surface area contributed by atoms with Crippen molar-refractivity contribution in [3.05, 3.63) is 89.4 Å². The van der Waals surface area contributed by atoms with Crippen molar-refractivity contribution in [2.24, 2.45) is 0 Å². The van der Waals surface area contributed by atoms with Gasteiger partial charge in [0.2, 0.25) is 5.91 Å². The van der Waals surface area contributed by atoms with Gasteiger partial charge in [0.1, 0.15) is 17.4 Å². The first-order valence-corrected chi connectivity index (χ1v) is 11.3. The van der Waals surface area contributed by atoms with Crippen LogP contribution in [0.2, 0.25) is 0 Å². The third-order valence-electron chi connectivity index (χ3n) is 4.91. The predicted molar refractivity (Wildman–Crippen MR) is 130 cm³/mol. The SMILES string of the molecule is COc1ccc(-c2nc(CC(=O)Nc3ccc(OCc4ccccc4)cc3)cs2)cc1OC. The van der Waals surface area contributed by atoms with Gasteiger partial charge in [-0.1, -0.05) is 30.3 Å². The standard InChI is InChI=1S/C26H24N2O4S/c1-30-23-13-8-19(14-24(23)31-2)26-28-21(17-33-26)15-25(29)27-20-9-11-22(12-10-20)32-16-18-6-4-3-5-7-18/h3-14,17H,15-16H2,1-2H3,(H,27,29). The van der Waals surface area contributed by atoms with Gasteiger partial charge in [-0.05, 0) is 48.0 Å². The molecule has 1 amide bonds. The second-order valence-corrected chi connectivity index (χ2v) is 8.10. The van der Waals surface area contributed by atoms with E-state index in [9.17, 15) is 4.79 Å². The second-order valence-electron chi connectivity index (χ2n) is 7.24. The zero-order chi connectivity index (χ0) is 23.0. The molecule has 1 heterocycles. The third kappa shape index (κ3) is 5.90. The van der Waals surface area contributed by atoms with Crippen molar-refractivity contribution < 1.29 is 19.0 Å². The van der Waals surface area contributed by atoms with E-state index in [0.717, 1.165) is 21.9 Å². The van der Waals surface area contributed by atoms with E-state index in [1.165, 1.54) is 11.3 Å². The molecule has 7 heteroatoms. The number of nitrogens with one attached hydrogen (secondary N) is 1. The zero-order valence-corrected chi connectivity index (χ0v) is 19.2. The third-order valence-corrected chi connectivity index (χ3v) is 5.85. The lowest BCUT2D eigenvalue weighted by molar-refractivity contribution is -0.115. The van der Waals surface area contributed by atoms with Gasteiger partial charge >= 0.3 is 0 Å². The molecule has 0 saturated heterocycles. The molecule has 0 aliphatic carbocycles. The molecule has 0 bridgehead atoms. The minimum atomic E-state index is -0.128. The minimum Gasteiger partial charge on any atom is -0.493 e. The summed E-state index contributed by atoms with van der Waals surface area (Å²) >= 11 is 1.49. The van der Waals surface area contributed by atoms with Crippen LogP contribution >= 0.6 is 11.3 Å². The van der Waals surface area contributed by atoms with Crippen LogP contribution in [-0.4, -0.2) is 25.1 Å². The Morgan fingerprint density at radius 1 is 0.939 bits per heavy atom. The van der Waals surface area contributed by atoms with Crippen molar-refractivity contribution >= 4 is 22.9 Å². The Kier molecular flexibility index (Phi) is 7.22. The van der Waals surface area contributed by atoms with E-state index >= 15 is 0 Å². The highest BCUT2D eigenvalue weighted by Gasteiger charge is 2.12. The number of benzene rings is 3. The summed E-state index contributed by atoms with van der Waals surface area (Å²) in [7, 11) is 3.20. The summed E-state index contributed by atoms with van der Waals surface area (Å²) in [6.07, 6.45) is 0.191. The Morgan fingerprint density at radius 3 is 2.42 bits per heavy atom. The van der Waals surface area contributed by atoms with E-state index < -0.39 is 0 Å². The summed E-state index contributed by atoms with van der Waals surface area (Å²) in [4.78, 5) is 17.1. The van der Waals surface area contributed by atoms with E-state index in [1.807, 2.05) is 78.2 Å². The molecular formula is C26H24N2O4S. The fourth-order valence-electron chi connectivity index (χ4n) is 3.24. The Morgan fingerprint density at radius 2 is 1.70 bits per heavy atom. The molecule has 4 rings (SSSR count). The summed E-state index contributed by atoms with van der Waals surface area (Å²) in [5.74, 6) is 1.92. The number of nitrogens with zero attached hydrogens (tertiary/aromatic N) is 1. The van der Waals surface area contributed by atoms with Crippen LogP contribution in [0, 0.1) is 0 Å². The number of aromatic nitrogens is 1. The summed E-state index contributed by atoms with van der Waals surface area (Å²) in [6, 6.07) is 23.0. The van der Waals surface area contributed by atoms with Gasteiger partial charge in [0, 0.05) is 16.6 Å².